The second-order valence-corrected chi connectivity index (χ2v) is 6.28. The maximum atomic E-state index is 13.7. The van der Waals surface area contributed by atoms with Crippen LogP contribution in [0.5, 0.6) is 0 Å². The topological polar surface area (TPSA) is 52.0 Å². The molecule has 1 aromatic carbocycles. The molecule has 1 aliphatic rings. The summed E-state index contributed by atoms with van der Waals surface area (Å²) in [6, 6.07) is 3.62. The molecule has 2 nitrogen and oxygen atoms in total. The van der Waals surface area contributed by atoms with E-state index in [1.807, 2.05) is 0 Å². The van der Waals surface area contributed by atoms with E-state index in [4.69, 9.17) is 11.5 Å². The van der Waals surface area contributed by atoms with Crippen LogP contribution in [0.3, 0.4) is 0 Å². The first-order valence-corrected chi connectivity index (χ1v) is 7.62. The fourth-order valence-electron chi connectivity index (χ4n) is 3.44. The molecule has 0 saturated heterocycles. The van der Waals surface area contributed by atoms with Gasteiger partial charge in [0.2, 0.25) is 0 Å². The van der Waals surface area contributed by atoms with E-state index in [2.05, 4.69) is 0 Å². The summed E-state index contributed by atoms with van der Waals surface area (Å²) in [5, 5.41) is 0. The average molecular weight is 458 g/mol. The molecule has 0 spiro atoms. The van der Waals surface area contributed by atoms with E-state index in [0.717, 1.165) is 18.2 Å². The molecule has 2 rings (SSSR count). The molecule has 0 radical (unpaired) electrons. The summed E-state index contributed by atoms with van der Waals surface area (Å²) in [5.41, 5.74) is -7.59. The molecule has 0 fully saturated rings. The predicted molar refractivity (Wildman–Crippen MR) is 78.3 cm³/mol. The Balaban J connectivity index is 3.22. The largest absolute Gasteiger partial charge is 0.418 e. The number of hydrogen-bond donors (Lipinski definition) is 2. The van der Waals surface area contributed by atoms with Gasteiger partial charge in [-0.25, -0.2) is 0 Å². The molecule has 30 heavy (non-hydrogen) atoms. The van der Waals surface area contributed by atoms with E-state index in [1.165, 1.54) is 0 Å². The van der Waals surface area contributed by atoms with E-state index in [9.17, 15) is 52.7 Å². The molecular formula is C16H10F12N2. The maximum Gasteiger partial charge on any atom is 0.418 e. The van der Waals surface area contributed by atoms with Gasteiger partial charge in [-0.3, -0.25) is 0 Å². The highest BCUT2D eigenvalue weighted by Crippen LogP contribution is 2.60. The number of nitrogens with two attached hydrogens (primary N) is 2. The van der Waals surface area contributed by atoms with Crippen molar-refractivity contribution in [3.05, 3.63) is 58.3 Å². The monoisotopic (exact) mass is 458 g/mol. The highest BCUT2D eigenvalue weighted by Gasteiger charge is 2.70. The molecule has 0 saturated carbocycles. The van der Waals surface area contributed by atoms with E-state index in [1.54, 1.807) is 0 Å². The summed E-state index contributed by atoms with van der Waals surface area (Å²) >= 11 is 0. The van der Waals surface area contributed by atoms with Gasteiger partial charge >= 0.3 is 24.7 Å². The van der Waals surface area contributed by atoms with Gasteiger partial charge in [0.25, 0.3) is 0 Å². The second kappa shape index (κ2) is 6.82. The third kappa shape index (κ3) is 3.84. The summed E-state index contributed by atoms with van der Waals surface area (Å²) < 4.78 is 163. The molecule has 1 aliphatic carbocycles. The molecule has 4 N–H and O–H groups in total. The molecule has 2 atom stereocenters. The first-order chi connectivity index (χ1) is 13.2. The molecule has 1 aromatic rings. The van der Waals surface area contributed by atoms with E-state index in [-0.39, 0.29) is 0 Å². The Morgan fingerprint density at radius 1 is 0.700 bits per heavy atom. The van der Waals surface area contributed by atoms with Crippen molar-refractivity contribution in [2.45, 2.75) is 30.2 Å². The fourth-order valence-corrected chi connectivity index (χ4v) is 3.44. The van der Waals surface area contributed by atoms with Crippen molar-refractivity contribution in [1.82, 2.24) is 0 Å². The lowest BCUT2D eigenvalue weighted by Crippen LogP contribution is -2.60. The highest BCUT2D eigenvalue weighted by molar-refractivity contribution is 5.57. The Morgan fingerprint density at radius 3 is 1.50 bits per heavy atom. The van der Waals surface area contributed by atoms with Crippen LogP contribution >= 0.6 is 0 Å². The van der Waals surface area contributed by atoms with Crippen LogP contribution in [0, 0.1) is 5.92 Å². The summed E-state index contributed by atoms with van der Waals surface area (Å²) in [4.78, 5) is 0. The van der Waals surface area contributed by atoms with Crippen molar-refractivity contribution in [1.29, 1.82) is 0 Å². The molecule has 168 valence electrons. The Morgan fingerprint density at radius 2 is 1.17 bits per heavy atom. The first kappa shape index (κ1) is 23.9. The zero-order valence-electron chi connectivity index (χ0n) is 14.2. The van der Waals surface area contributed by atoms with Crippen molar-refractivity contribution in [3.8, 4) is 0 Å². The minimum Gasteiger partial charge on any atom is -0.398 e. The zero-order chi connectivity index (χ0) is 23.5. The van der Waals surface area contributed by atoms with Crippen molar-refractivity contribution in [2.24, 2.45) is 17.4 Å². The fraction of sp³-hybridized carbons (Fsp3) is 0.375. The minimum atomic E-state index is -6.22. The molecule has 2 unspecified atom stereocenters. The molecule has 0 heterocycles. The van der Waals surface area contributed by atoms with Gasteiger partial charge in [0.05, 0.1) is 28.0 Å². The van der Waals surface area contributed by atoms with Crippen LogP contribution in [0.4, 0.5) is 52.7 Å². The van der Waals surface area contributed by atoms with E-state index >= 15 is 0 Å². The second-order valence-electron chi connectivity index (χ2n) is 6.28. The van der Waals surface area contributed by atoms with Gasteiger partial charge in [-0.05, 0) is 5.56 Å². The minimum absolute atomic E-state index is 0.466. The molecule has 0 amide bonds. The Hall–Kier alpha value is -2.38. The van der Waals surface area contributed by atoms with Gasteiger partial charge in [0.15, 0.2) is 0 Å². The van der Waals surface area contributed by atoms with E-state index in [0.29, 0.717) is 12.1 Å². The third-order valence-electron chi connectivity index (χ3n) is 4.42. The van der Waals surface area contributed by atoms with Crippen LogP contribution in [0.2, 0.25) is 0 Å². The van der Waals surface area contributed by atoms with Gasteiger partial charge in [-0.2, -0.15) is 52.7 Å². The number of hydrogen-bond acceptors (Lipinski definition) is 2. The number of allylic oxidation sites excluding steroid dienone is 1. The Labute approximate surface area is 159 Å². The quantitative estimate of drug-likeness (QED) is 0.567. The van der Waals surface area contributed by atoms with Gasteiger partial charge in [-0.15, -0.1) is 0 Å². The van der Waals surface area contributed by atoms with Crippen LogP contribution in [0.25, 0.3) is 0 Å². The van der Waals surface area contributed by atoms with Gasteiger partial charge < -0.3 is 11.5 Å². The summed E-state index contributed by atoms with van der Waals surface area (Å²) in [6.45, 7) is 0. The van der Waals surface area contributed by atoms with Crippen molar-refractivity contribution in [2.75, 3.05) is 0 Å². The van der Waals surface area contributed by atoms with Crippen LogP contribution in [0.1, 0.15) is 5.56 Å². The number of rotatable bonds is 1. The van der Waals surface area contributed by atoms with Crippen molar-refractivity contribution >= 4 is 0 Å². The maximum absolute atomic E-state index is 13.7. The van der Waals surface area contributed by atoms with Gasteiger partial charge in [0, 0.05) is 0 Å². The molecule has 0 aliphatic heterocycles. The summed E-state index contributed by atoms with van der Waals surface area (Å²) in [7, 11) is 0. The smallest absolute Gasteiger partial charge is 0.398 e. The molecule has 0 aromatic heterocycles. The van der Waals surface area contributed by atoms with Crippen LogP contribution in [0.15, 0.2) is 52.7 Å². The van der Waals surface area contributed by atoms with Crippen LogP contribution < -0.4 is 11.5 Å². The van der Waals surface area contributed by atoms with Crippen molar-refractivity contribution < 1.29 is 52.7 Å². The SMILES string of the molecule is NC1=C(C(F)(F)F)C(C(F)(F)F)C(N)(c2ccccc2)C(C(F)(F)F)=C1C(F)(F)F. The van der Waals surface area contributed by atoms with Crippen LogP contribution in [-0.4, -0.2) is 24.7 Å². The molecule has 14 heteroatoms. The summed E-state index contributed by atoms with van der Waals surface area (Å²) in [6.07, 6.45) is -24.8. The lowest BCUT2D eigenvalue weighted by atomic mass is 9.63. The number of halogens is 12. The first-order valence-electron chi connectivity index (χ1n) is 7.62. The standard InChI is InChI=1S/C16H10F12N2/c17-13(18,19)7-9(29)8(14(20,21)22)11(16(26,27)28)12(30,10(7)15(23,24)25)6-4-2-1-3-5-6/h1-5,10H,29-30H2. The predicted octanol–water partition coefficient (Wildman–Crippen LogP) is 5.23. The van der Waals surface area contributed by atoms with Crippen LogP contribution in [-0.2, 0) is 5.54 Å². The zero-order valence-corrected chi connectivity index (χ0v) is 14.2. The van der Waals surface area contributed by atoms with E-state index < -0.39 is 64.1 Å². The highest BCUT2D eigenvalue weighted by atomic mass is 19.4. The normalized spacial score (nSPS) is 24.5. The molecular weight excluding hydrogens is 448 g/mol. The lowest BCUT2D eigenvalue weighted by molar-refractivity contribution is -0.210. The molecule has 0 bridgehead atoms. The third-order valence-corrected chi connectivity index (χ3v) is 4.42. The Bertz CT molecular complexity index is 871. The van der Waals surface area contributed by atoms with Gasteiger partial charge in [-0.1, -0.05) is 30.3 Å². The lowest BCUT2D eigenvalue weighted by Gasteiger charge is -2.47. The number of benzene rings is 1. The summed E-state index contributed by atoms with van der Waals surface area (Å²) in [5.74, 6) is -4.27. The van der Waals surface area contributed by atoms with Crippen molar-refractivity contribution in [3.63, 3.8) is 0 Å². The number of alkyl halides is 12. The average Bonchev–Trinajstić information content (AvgIpc) is 2.52. The Kier molecular flexibility index (Phi) is 5.43. The van der Waals surface area contributed by atoms with Gasteiger partial charge in [0.1, 0.15) is 5.92 Å².